The van der Waals surface area contributed by atoms with Crippen molar-refractivity contribution in [3.63, 3.8) is 0 Å². The van der Waals surface area contributed by atoms with Crippen LogP contribution in [-0.2, 0) is 9.53 Å². The van der Waals surface area contributed by atoms with E-state index in [2.05, 4.69) is 4.99 Å². The van der Waals surface area contributed by atoms with Crippen LogP contribution in [0.4, 0.5) is 0 Å². The van der Waals surface area contributed by atoms with Gasteiger partial charge in [-0.1, -0.05) is 6.08 Å². The van der Waals surface area contributed by atoms with Crippen molar-refractivity contribution < 1.29 is 14.6 Å². The van der Waals surface area contributed by atoms with Gasteiger partial charge in [0.25, 0.3) is 0 Å². The second-order valence-electron chi connectivity index (χ2n) is 3.96. The number of nitrogens with zero attached hydrogens (tertiary/aromatic N) is 1. The fourth-order valence-corrected chi connectivity index (χ4v) is 1.61. The molecule has 0 aromatic rings. The third-order valence-electron chi connectivity index (χ3n) is 2.55. The minimum absolute atomic E-state index is 0.0380. The summed E-state index contributed by atoms with van der Waals surface area (Å²) >= 11 is 0. The van der Waals surface area contributed by atoms with Gasteiger partial charge in [0, 0.05) is 18.7 Å². The van der Waals surface area contributed by atoms with Gasteiger partial charge in [-0.05, 0) is 24.6 Å². The Hall–Kier alpha value is -1.88. The van der Waals surface area contributed by atoms with Gasteiger partial charge in [0.15, 0.2) is 6.04 Å². The summed E-state index contributed by atoms with van der Waals surface area (Å²) in [6.45, 7) is 0. The molecule has 0 aromatic carbocycles. The number of rotatable bonds is 3. The lowest BCUT2D eigenvalue weighted by molar-refractivity contribution is -0.138. The second kappa shape index (κ2) is 4.97. The van der Waals surface area contributed by atoms with E-state index in [0.29, 0.717) is 11.5 Å². The third kappa shape index (κ3) is 3.04. The Kier molecular flexibility index (Phi) is 3.39. The van der Waals surface area contributed by atoms with Crippen molar-refractivity contribution in [2.75, 3.05) is 0 Å². The Bertz CT molecular complexity index is 435. The monoisotopic (exact) mass is 234 g/mol. The predicted molar refractivity (Wildman–Crippen MR) is 63.5 cm³/mol. The number of aliphatic imine (C=N–C) groups is 1. The van der Waals surface area contributed by atoms with Gasteiger partial charge in [0.05, 0.1) is 0 Å². The molecule has 5 heteroatoms. The van der Waals surface area contributed by atoms with Crippen LogP contribution in [-0.4, -0.2) is 29.4 Å². The molecule has 90 valence electrons. The average Bonchev–Trinajstić information content (AvgIpc) is 2.32. The number of carbonyl (C=O) groups is 1. The van der Waals surface area contributed by atoms with Crippen LogP contribution in [0.25, 0.3) is 0 Å². The van der Waals surface area contributed by atoms with Crippen LogP contribution < -0.4 is 5.73 Å². The zero-order chi connectivity index (χ0) is 12.3. The lowest BCUT2D eigenvalue weighted by Crippen LogP contribution is -2.22. The molecule has 3 N–H and O–H groups in total. The lowest BCUT2D eigenvalue weighted by atomic mass is 10.1. The first-order valence-corrected chi connectivity index (χ1v) is 5.42. The fourth-order valence-electron chi connectivity index (χ4n) is 1.61. The number of carboxylic acids is 1. The highest BCUT2D eigenvalue weighted by molar-refractivity contribution is 5.81. The maximum absolute atomic E-state index is 10.8. The Labute approximate surface area is 99.0 Å². The molecule has 5 nitrogen and oxygen atoms in total. The molecule has 2 aliphatic rings. The van der Waals surface area contributed by atoms with Gasteiger partial charge in [0.1, 0.15) is 11.5 Å². The largest absolute Gasteiger partial charge is 0.480 e. The summed E-state index contributed by atoms with van der Waals surface area (Å²) in [7, 11) is 0. The van der Waals surface area contributed by atoms with E-state index in [1.807, 2.05) is 12.2 Å². The van der Waals surface area contributed by atoms with Crippen LogP contribution in [0.1, 0.15) is 12.8 Å². The molecule has 1 heterocycles. The Morgan fingerprint density at radius 3 is 3.06 bits per heavy atom. The molecule has 0 saturated carbocycles. The van der Waals surface area contributed by atoms with E-state index < -0.39 is 12.0 Å². The molecule has 1 aliphatic heterocycles. The first-order chi connectivity index (χ1) is 8.15. The zero-order valence-corrected chi connectivity index (χ0v) is 9.24. The van der Waals surface area contributed by atoms with E-state index in [9.17, 15) is 4.79 Å². The first kappa shape index (κ1) is 11.6. The van der Waals surface area contributed by atoms with E-state index in [1.54, 1.807) is 12.2 Å². The Morgan fingerprint density at radius 2 is 2.41 bits per heavy atom. The molecular weight excluding hydrogens is 220 g/mol. The quantitative estimate of drug-likeness (QED) is 0.762. The summed E-state index contributed by atoms with van der Waals surface area (Å²) in [6, 6.07) is -0.707. The van der Waals surface area contributed by atoms with Crippen molar-refractivity contribution in [1.82, 2.24) is 0 Å². The molecule has 0 amide bonds. The lowest BCUT2D eigenvalue weighted by Gasteiger charge is -2.18. The fraction of sp³-hybridized carbons (Fsp3) is 0.333. The number of dihydropyridines is 1. The number of ether oxygens (including phenoxy) is 1. The smallest absolute Gasteiger partial charge is 0.328 e. The van der Waals surface area contributed by atoms with Crippen LogP contribution in [0.3, 0.4) is 0 Å². The minimum atomic E-state index is -0.939. The number of carboxylic acid groups (broad SMARTS) is 1. The summed E-state index contributed by atoms with van der Waals surface area (Å²) in [5.41, 5.74) is 5.69. The minimum Gasteiger partial charge on any atom is -0.480 e. The van der Waals surface area contributed by atoms with Crippen LogP contribution in [0.5, 0.6) is 0 Å². The molecule has 0 spiro atoms. The summed E-state index contributed by atoms with van der Waals surface area (Å²) < 4.78 is 5.59. The van der Waals surface area contributed by atoms with E-state index in [1.165, 1.54) is 6.21 Å². The van der Waals surface area contributed by atoms with Crippen molar-refractivity contribution in [3.05, 3.63) is 35.8 Å². The van der Waals surface area contributed by atoms with Crippen LogP contribution in [0.2, 0.25) is 0 Å². The first-order valence-electron chi connectivity index (χ1n) is 5.42. The number of nitrogens with two attached hydrogens (primary N) is 1. The second-order valence-corrected chi connectivity index (χ2v) is 3.96. The molecule has 2 unspecified atom stereocenters. The molecule has 17 heavy (non-hydrogen) atoms. The molecule has 0 aromatic heterocycles. The van der Waals surface area contributed by atoms with E-state index >= 15 is 0 Å². The highest BCUT2D eigenvalue weighted by atomic mass is 16.5. The molecule has 0 bridgehead atoms. The summed E-state index contributed by atoms with van der Waals surface area (Å²) in [4.78, 5) is 14.6. The average molecular weight is 234 g/mol. The number of hydrogen-bond donors (Lipinski definition) is 2. The van der Waals surface area contributed by atoms with E-state index in [0.717, 1.165) is 6.42 Å². The normalized spacial score (nSPS) is 27.4. The molecule has 0 fully saturated rings. The molecule has 2 rings (SSSR count). The van der Waals surface area contributed by atoms with Gasteiger partial charge in [0.2, 0.25) is 0 Å². The van der Waals surface area contributed by atoms with Crippen molar-refractivity contribution in [2.45, 2.75) is 24.9 Å². The molecule has 0 radical (unpaired) electrons. The predicted octanol–water partition coefficient (Wildman–Crippen LogP) is 0.986. The van der Waals surface area contributed by atoms with E-state index in [-0.39, 0.29) is 12.5 Å². The zero-order valence-electron chi connectivity index (χ0n) is 9.24. The van der Waals surface area contributed by atoms with Gasteiger partial charge in [-0.2, -0.15) is 0 Å². The van der Waals surface area contributed by atoms with Gasteiger partial charge in [-0.25, -0.2) is 4.79 Å². The number of allylic oxidation sites excluding steroid dienone is 2. The van der Waals surface area contributed by atoms with Crippen LogP contribution in [0, 0.1) is 0 Å². The molecular formula is C12H14N2O3. The summed E-state index contributed by atoms with van der Waals surface area (Å²) in [5, 5.41) is 8.85. The van der Waals surface area contributed by atoms with Crippen molar-refractivity contribution in [1.29, 1.82) is 0 Å². The van der Waals surface area contributed by atoms with Crippen LogP contribution >= 0.6 is 0 Å². The summed E-state index contributed by atoms with van der Waals surface area (Å²) in [5.74, 6) is 0.377. The topological polar surface area (TPSA) is 84.9 Å². The summed E-state index contributed by atoms with van der Waals surface area (Å²) in [6.07, 6.45) is 9.72. The maximum Gasteiger partial charge on any atom is 0.328 e. The van der Waals surface area contributed by atoms with E-state index in [4.69, 9.17) is 15.6 Å². The SMILES string of the molecule is NC1C=CC(OC2=CC=NC(C(=O)O)C2)=CC1. The number of hydrogen-bond acceptors (Lipinski definition) is 4. The number of aliphatic carboxylic acids is 1. The van der Waals surface area contributed by atoms with Crippen molar-refractivity contribution in [3.8, 4) is 0 Å². The Balaban J connectivity index is 1.97. The molecule has 2 atom stereocenters. The van der Waals surface area contributed by atoms with Crippen molar-refractivity contribution in [2.24, 2.45) is 10.7 Å². The molecule has 0 saturated heterocycles. The van der Waals surface area contributed by atoms with Gasteiger partial charge >= 0.3 is 5.97 Å². The Morgan fingerprint density at radius 1 is 1.59 bits per heavy atom. The highest BCUT2D eigenvalue weighted by Gasteiger charge is 2.21. The third-order valence-corrected chi connectivity index (χ3v) is 2.55. The molecule has 1 aliphatic carbocycles. The van der Waals surface area contributed by atoms with Gasteiger partial charge in [-0.15, -0.1) is 0 Å². The van der Waals surface area contributed by atoms with Gasteiger partial charge in [-0.3, -0.25) is 4.99 Å². The van der Waals surface area contributed by atoms with Crippen LogP contribution in [0.15, 0.2) is 40.8 Å². The standard InChI is InChI=1S/C12H14N2O3/c13-8-1-3-9(4-2-8)17-10-5-6-14-11(7-10)12(15)16/h1,3-6,8,11H,2,7,13H2,(H,15,16). The van der Waals surface area contributed by atoms with Gasteiger partial charge < -0.3 is 15.6 Å². The highest BCUT2D eigenvalue weighted by Crippen LogP contribution is 2.20. The van der Waals surface area contributed by atoms with Crippen molar-refractivity contribution >= 4 is 12.2 Å². The maximum atomic E-state index is 10.8.